The van der Waals surface area contributed by atoms with E-state index in [9.17, 15) is 24.3 Å². The highest BCUT2D eigenvalue weighted by Crippen LogP contribution is 2.10. The molecule has 186 valence electrons. The van der Waals surface area contributed by atoms with Crippen LogP contribution in [0.5, 0.6) is 0 Å². The van der Waals surface area contributed by atoms with Gasteiger partial charge in [0, 0.05) is 18.3 Å². The van der Waals surface area contributed by atoms with E-state index in [1.165, 1.54) is 12.5 Å². The van der Waals surface area contributed by atoms with E-state index in [0.29, 0.717) is 18.5 Å². The molecule has 0 spiro atoms. The number of nitrogens with zero attached hydrogens (tertiary/aromatic N) is 1. The fourth-order valence-electron chi connectivity index (χ4n) is 3.04. The first-order valence-electron chi connectivity index (χ1n) is 11.0. The number of aliphatic carboxylic acids is 1. The Morgan fingerprint density at radius 3 is 2.09 bits per heavy atom. The molecule has 0 aliphatic heterocycles. The van der Waals surface area contributed by atoms with Gasteiger partial charge >= 0.3 is 5.97 Å². The minimum atomic E-state index is -1.53. The minimum absolute atomic E-state index is 0.00985. The number of imidazole rings is 1. The lowest BCUT2D eigenvalue weighted by molar-refractivity contribution is -0.143. The Hall–Kier alpha value is -2.99. The molecule has 1 rings (SSSR count). The van der Waals surface area contributed by atoms with E-state index in [2.05, 4.69) is 25.9 Å². The van der Waals surface area contributed by atoms with Crippen LogP contribution in [0.15, 0.2) is 12.5 Å². The number of nitrogens with one attached hydrogen (secondary N) is 4. The van der Waals surface area contributed by atoms with Gasteiger partial charge < -0.3 is 36.9 Å². The Labute approximate surface area is 193 Å². The van der Waals surface area contributed by atoms with Gasteiger partial charge in [-0.25, -0.2) is 9.78 Å². The summed E-state index contributed by atoms with van der Waals surface area (Å²) in [4.78, 5) is 56.3. The van der Waals surface area contributed by atoms with Gasteiger partial charge in [-0.1, -0.05) is 34.1 Å². The van der Waals surface area contributed by atoms with E-state index in [4.69, 9.17) is 10.8 Å². The summed E-state index contributed by atoms with van der Waals surface area (Å²) >= 11 is 0. The predicted molar refractivity (Wildman–Crippen MR) is 120 cm³/mol. The van der Waals surface area contributed by atoms with Gasteiger partial charge in [-0.15, -0.1) is 0 Å². The normalized spacial score (nSPS) is 15.7. The molecule has 0 aromatic carbocycles. The van der Waals surface area contributed by atoms with Crippen LogP contribution < -0.4 is 21.7 Å². The molecule has 0 saturated heterocycles. The first-order chi connectivity index (χ1) is 15.5. The molecule has 0 bridgehead atoms. The molecular weight excluding hydrogens is 432 g/mol. The Morgan fingerprint density at radius 1 is 1.03 bits per heavy atom. The second-order valence-electron chi connectivity index (χ2n) is 8.53. The Bertz CT molecular complexity index is 784. The number of carboxylic acid groups (broad SMARTS) is 1. The average molecular weight is 469 g/mol. The standard InChI is InChI=1S/C21H36N6O6/c1-5-12(4)17(22)20(31)26-14(6-11(2)3)18(29)25-15(7-13-8-23-10-24-13)19(30)27-16(9-28)21(32)33/h8,10-12,14-17,28H,5-7,9,22H2,1-4H3,(H,23,24)(H,25,29)(H,26,31)(H,27,30)(H,32,33). The zero-order valence-corrected chi connectivity index (χ0v) is 19.5. The lowest BCUT2D eigenvalue weighted by Crippen LogP contribution is -2.58. The van der Waals surface area contributed by atoms with Crippen molar-refractivity contribution in [1.29, 1.82) is 0 Å². The highest BCUT2D eigenvalue weighted by molar-refractivity contribution is 5.94. The van der Waals surface area contributed by atoms with Gasteiger partial charge in [-0.2, -0.15) is 0 Å². The van der Waals surface area contributed by atoms with Gasteiger partial charge in [0.1, 0.15) is 18.1 Å². The topological polar surface area (TPSA) is 200 Å². The number of nitrogens with two attached hydrogens (primary N) is 1. The van der Waals surface area contributed by atoms with Gasteiger partial charge in [0.15, 0.2) is 0 Å². The number of aliphatic hydroxyl groups is 1. The van der Waals surface area contributed by atoms with Crippen molar-refractivity contribution in [2.75, 3.05) is 6.61 Å². The second kappa shape index (κ2) is 13.5. The van der Waals surface area contributed by atoms with Crippen LogP contribution in [-0.4, -0.2) is 74.6 Å². The lowest BCUT2D eigenvalue weighted by Gasteiger charge is -2.26. The smallest absolute Gasteiger partial charge is 0.328 e. The molecule has 0 aliphatic carbocycles. The number of hydrogen-bond donors (Lipinski definition) is 7. The molecule has 1 heterocycles. The quantitative estimate of drug-likeness (QED) is 0.178. The van der Waals surface area contributed by atoms with Crippen molar-refractivity contribution in [3.05, 3.63) is 18.2 Å². The van der Waals surface area contributed by atoms with Gasteiger partial charge in [-0.3, -0.25) is 14.4 Å². The highest BCUT2D eigenvalue weighted by Gasteiger charge is 2.31. The number of aliphatic hydroxyl groups excluding tert-OH is 1. The molecule has 33 heavy (non-hydrogen) atoms. The molecule has 0 saturated carbocycles. The van der Waals surface area contributed by atoms with Gasteiger partial charge in [-0.05, 0) is 18.3 Å². The van der Waals surface area contributed by atoms with Crippen molar-refractivity contribution in [2.45, 2.75) is 71.1 Å². The summed E-state index contributed by atoms with van der Waals surface area (Å²) in [6.07, 6.45) is 3.85. The highest BCUT2D eigenvalue weighted by atomic mass is 16.4. The first-order valence-corrected chi connectivity index (χ1v) is 11.0. The molecule has 5 unspecified atom stereocenters. The maximum atomic E-state index is 13.1. The third kappa shape index (κ3) is 9.18. The van der Waals surface area contributed by atoms with E-state index >= 15 is 0 Å². The van der Waals surface area contributed by atoms with Crippen molar-refractivity contribution in [2.24, 2.45) is 17.6 Å². The van der Waals surface area contributed by atoms with E-state index in [0.717, 1.165) is 0 Å². The van der Waals surface area contributed by atoms with Crippen LogP contribution in [0.25, 0.3) is 0 Å². The maximum Gasteiger partial charge on any atom is 0.328 e. The average Bonchev–Trinajstić information content (AvgIpc) is 3.27. The summed E-state index contributed by atoms with van der Waals surface area (Å²) in [7, 11) is 0. The van der Waals surface area contributed by atoms with Crippen LogP contribution in [-0.2, 0) is 25.6 Å². The van der Waals surface area contributed by atoms with Crippen LogP contribution in [0.1, 0.15) is 46.2 Å². The molecule has 12 nitrogen and oxygen atoms in total. The molecule has 12 heteroatoms. The third-order valence-corrected chi connectivity index (χ3v) is 5.31. The van der Waals surface area contributed by atoms with E-state index in [1.807, 2.05) is 27.7 Å². The summed E-state index contributed by atoms with van der Waals surface area (Å²) in [6.45, 7) is 6.70. The van der Waals surface area contributed by atoms with Gasteiger partial charge in [0.05, 0.1) is 19.0 Å². The first kappa shape index (κ1) is 28.0. The van der Waals surface area contributed by atoms with Gasteiger partial charge in [0.25, 0.3) is 0 Å². The molecule has 3 amide bonds. The Balaban J connectivity index is 3.04. The van der Waals surface area contributed by atoms with Crippen LogP contribution in [0.3, 0.4) is 0 Å². The maximum absolute atomic E-state index is 13.1. The fraction of sp³-hybridized carbons (Fsp3) is 0.667. The monoisotopic (exact) mass is 468 g/mol. The molecule has 5 atom stereocenters. The summed E-state index contributed by atoms with van der Waals surface area (Å²) in [5.74, 6) is -3.33. The predicted octanol–water partition coefficient (Wildman–Crippen LogP) is -1.10. The molecule has 1 aromatic heterocycles. The number of H-pyrrole nitrogens is 1. The van der Waals surface area contributed by atoms with Crippen molar-refractivity contribution >= 4 is 23.7 Å². The number of aromatic nitrogens is 2. The number of amides is 3. The molecule has 0 aliphatic rings. The Kier molecular flexibility index (Phi) is 11.5. The van der Waals surface area contributed by atoms with Crippen LogP contribution >= 0.6 is 0 Å². The third-order valence-electron chi connectivity index (χ3n) is 5.31. The van der Waals surface area contributed by atoms with E-state index < -0.39 is 54.5 Å². The van der Waals surface area contributed by atoms with E-state index in [-0.39, 0.29) is 18.3 Å². The minimum Gasteiger partial charge on any atom is -0.480 e. The van der Waals surface area contributed by atoms with Crippen molar-refractivity contribution in [3.8, 4) is 0 Å². The molecule has 1 aromatic rings. The summed E-state index contributed by atoms with van der Waals surface area (Å²) in [5.41, 5.74) is 6.51. The zero-order chi connectivity index (χ0) is 25.1. The van der Waals surface area contributed by atoms with Crippen molar-refractivity contribution in [3.63, 3.8) is 0 Å². The fourth-order valence-corrected chi connectivity index (χ4v) is 3.04. The molecule has 8 N–H and O–H groups in total. The molecule has 0 radical (unpaired) electrons. The number of hydrogen-bond acceptors (Lipinski definition) is 7. The number of carbonyl (C=O) groups excluding carboxylic acids is 3. The zero-order valence-electron chi connectivity index (χ0n) is 19.5. The van der Waals surface area contributed by atoms with Crippen molar-refractivity contribution < 1.29 is 29.4 Å². The number of carboxylic acids is 1. The summed E-state index contributed by atoms with van der Waals surface area (Å²) < 4.78 is 0. The molecule has 0 fully saturated rings. The van der Waals surface area contributed by atoms with Crippen LogP contribution in [0, 0.1) is 11.8 Å². The van der Waals surface area contributed by atoms with Crippen LogP contribution in [0.4, 0.5) is 0 Å². The largest absolute Gasteiger partial charge is 0.480 e. The SMILES string of the molecule is CCC(C)C(N)C(=O)NC(CC(C)C)C(=O)NC(Cc1cnc[nH]1)C(=O)NC(CO)C(=O)O. The molecular formula is C21H36N6O6. The summed E-state index contributed by atoms with van der Waals surface area (Å²) in [5, 5.41) is 25.8. The van der Waals surface area contributed by atoms with Gasteiger partial charge in [0.2, 0.25) is 17.7 Å². The second-order valence-corrected chi connectivity index (χ2v) is 8.53. The summed E-state index contributed by atoms with van der Waals surface area (Å²) in [6, 6.07) is -4.44. The van der Waals surface area contributed by atoms with Crippen molar-refractivity contribution in [1.82, 2.24) is 25.9 Å². The lowest BCUT2D eigenvalue weighted by atomic mass is 9.97. The number of aromatic amines is 1. The number of rotatable bonds is 14. The van der Waals surface area contributed by atoms with E-state index in [1.54, 1.807) is 0 Å². The number of carbonyl (C=O) groups is 4. The Morgan fingerprint density at radius 2 is 1.61 bits per heavy atom. The van der Waals surface area contributed by atoms with Crippen LogP contribution in [0.2, 0.25) is 0 Å².